The molecule has 2 aromatic rings. The van der Waals surface area contributed by atoms with Crippen molar-refractivity contribution >= 4 is 11.8 Å². The molecule has 1 saturated heterocycles. The molecule has 170 valence electrons. The molecule has 0 spiro atoms. The monoisotopic (exact) mass is 438 g/mol. The van der Waals surface area contributed by atoms with Crippen molar-refractivity contribution in [1.29, 1.82) is 0 Å². The third-order valence-corrected chi connectivity index (χ3v) is 4.84. The number of H-pyrrole nitrogens is 2. The van der Waals surface area contributed by atoms with Gasteiger partial charge < -0.3 is 50.5 Å². The van der Waals surface area contributed by atoms with Crippen LogP contribution in [-0.4, -0.2) is 98.7 Å². The van der Waals surface area contributed by atoms with E-state index in [-0.39, 0.29) is 13.1 Å². The maximum absolute atomic E-state index is 12.2. The van der Waals surface area contributed by atoms with Crippen molar-refractivity contribution in [3.05, 3.63) is 48.0 Å². The summed E-state index contributed by atoms with van der Waals surface area (Å²) < 4.78 is 11.0. The molecule has 8 N–H and O–H groups in total. The van der Waals surface area contributed by atoms with E-state index in [0.717, 1.165) is 0 Å². The van der Waals surface area contributed by atoms with Crippen LogP contribution in [0.1, 0.15) is 21.0 Å². The van der Waals surface area contributed by atoms with Gasteiger partial charge in [0.25, 0.3) is 11.8 Å². The predicted octanol–water partition coefficient (Wildman–Crippen LogP) is -2.31. The van der Waals surface area contributed by atoms with Gasteiger partial charge in [0.1, 0.15) is 35.8 Å². The van der Waals surface area contributed by atoms with Crippen LogP contribution < -0.4 is 10.6 Å². The quantitative estimate of drug-likeness (QED) is 0.214. The summed E-state index contributed by atoms with van der Waals surface area (Å²) in [4.78, 5) is 29.9. The van der Waals surface area contributed by atoms with Crippen LogP contribution >= 0.6 is 0 Å². The van der Waals surface area contributed by atoms with Crippen molar-refractivity contribution in [3.63, 3.8) is 0 Å². The number of carbonyl (C=O) groups is 2. The zero-order valence-corrected chi connectivity index (χ0v) is 16.5. The van der Waals surface area contributed by atoms with Crippen LogP contribution in [0.15, 0.2) is 36.7 Å². The van der Waals surface area contributed by atoms with E-state index in [1.807, 2.05) is 0 Å². The molecule has 31 heavy (non-hydrogen) atoms. The van der Waals surface area contributed by atoms with E-state index in [9.17, 15) is 30.0 Å². The van der Waals surface area contributed by atoms with Crippen molar-refractivity contribution in [2.24, 2.45) is 0 Å². The molecule has 0 bridgehead atoms. The van der Waals surface area contributed by atoms with E-state index in [1.54, 1.807) is 36.7 Å². The smallest absolute Gasteiger partial charge is 0.267 e. The first-order valence-electron chi connectivity index (χ1n) is 9.70. The number of nitrogens with one attached hydrogen (secondary N) is 4. The summed E-state index contributed by atoms with van der Waals surface area (Å²) >= 11 is 0. The third kappa shape index (κ3) is 5.70. The second-order valence-corrected chi connectivity index (χ2v) is 7.04. The first kappa shape index (κ1) is 22.9. The van der Waals surface area contributed by atoms with E-state index >= 15 is 0 Å². The largest absolute Gasteiger partial charge is 0.394 e. The first-order valence-corrected chi connectivity index (χ1v) is 9.70. The molecule has 5 atom stereocenters. The lowest BCUT2D eigenvalue weighted by atomic mass is 9.99. The molecular weight excluding hydrogens is 412 g/mol. The fourth-order valence-corrected chi connectivity index (χ4v) is 3.08. The Labute approximate surface area is 177 Å². The maximum atomic E-state index is 12.2. The number of aliphatic hydroxyl groups excluding tert-OH is 4. The van der Waals surface area contributed by atoms with Gasteiger partial charge in [0, 0.05) is 25.5 Å². The lowest BCUT2D eigenvalue weighted by molar-refractivity contribution is -0.310. The van der Waals surface area contributed by atoms with Gasteiger partial charge in [-0.05, 0) is 24.3 Å². The highest BCUT2D eigenvalue weighted by molar-refractivity contribution is 5.93. The molecule has 0 unspecified atom stereocenters. The number of carbonyl (C=O) groups excluding carboxylic acids is 2. The Balaban J connectivity index is 1.65. The van der Waals surface area contributed by atoms with E-state index in [4.69, 9.17) is 9.47 Å². The highest BCUT2D eigenvalue weighted by atomic mass is 16.7. The minimum absolute atomic E-state index is 0.0715. The molecule has 0 saturated carbocycles. The van der Waals surface area contributed by atoms with E-state index in [0.29, 0.717) is 11.4 Å². The highest BCUT2D eigenvalue weighted by Crippen LogP contribution is 2.22. The van der Waals surface area contributed by atoms with Crippen molar-refractivity contribution in [1.82, 2.24) is 20.6 Å². The summed E-state index contributed by atoms with van der Waals surface area (Å²) in [5.41, 5.74) is 0.643. The Morgan fingerprint density at radius 2 is 1.52 bits per heavy atom. The van der Waals surface area contributed by atoms with Gasteiger partial charge in [0.15, 0.2) is 6.29 Å². The number of aliphatic hydroxyl groups is 4. The van der Waals surface area contributed by atoms with Gasteiger partial charge in [-0.25, -0.2) is 0 Å². The number of hydrogen-bond donors (Lipinski definition) is 8. The standard InChI is InChI=1S/C19H26N4O8/c24-9-13-14(25)15(26)16(27)19(31-13)30-10(7-22-17(28)11-3-1-5-20-11)8-23-18(29)12-4-2-6-21-12/h1-6,10,13-16,19-21,24-27H,7-9H2,(H,22,28)(H,23,29)/t13-,14-,15+,16+,19+/m1/s1. The molecule has 12 heteroatoms. The van der Waals surface area contributed by atoms with Crippen LogP contribution in [-0.2, 0) is 9.47 Å². The van der Waals surface area contributed by atoms with Crippen LogP contribution in [0, 0.1) is 0 Å². The molecule has 2 amide bonds. The molecule has 12 nitrogen and oxygen atoms in total. The summed E-state index contributed by atoms with van der Waals surface area (Å²) in [7, 11) is 0. The minimum Gasteiger partial charge on any atom is -0.394 e. The van der Waals surface area contributed by atoms with Crippen LogP contribution in [0.5, 0.6) is 0 Å². The van der Waals surface area contributed by atoms with E-state index < -0.39 is 55.2 Å². The number of rotatable bonds is 9. The van der Waals surface area contributed by atoms with Crippen molar-refractivity contribution in [2.75, 3.05) is 19.7 Å². The number of amides is 2. The van der Waals surface area contributed by atoms with Crippen molar-refractivity contribution in [3.8, 4) is 0 Å². The highest BCUT2D eigenvalue weighted by Gasteiger charge is 2.44. The average molecular weight is 438 g/mol. The Morgan fingerprint density at radius 3 is 1.97 bits per heavy atom. The lowest BCUT2D eigenvalue weighted by Crippen LogP contribution is -2.60. The van der Waals surface area contributed by atoms with Crippen molar-refractivity contribution < 1.29 is 39.5 Å². The van der Waals surface area contributed by atoms with Crippen molar-refractivity contribution in [2.45, 2.75) is 36.8 Å². The molecule has 3 rings (SSSR count). The third-order valence-electron chi connectivity index (χ3n) is 4.84. The molecule has 0 radical (unpaired) electrons. The van der Waals surface area contributed by atoms with Crippen LogP contribution in [0.4, 0.5) is 0 Å². The molecule has 3 heterocycles. The normalized spacial score (nSPS) is 26.0. The van der Waals surface area contributed by atoms with Crippen LogP contribution in [0.25, 0.3) is 0 Å². The number of hydrogen-bond acceptors (Lipinski definition) is 8. The second kappa shape index (κ2) is 10.5. The van der Waals surface area contributed by atoms with Crippen LogP contribution in [0.3, 0.4) is 0 Å². The van der Waals surface area contributed by atoms with Gasteiger partial charge in [0.2, 0.25) is 0 Å². The lowest BCUT2D eigenvalue weighted by Gasteiger charge is -2.40. The van der Waals surface area contributed by atoms with E-state index in [2.05, 4.69) is 20.6 Å². The molecule has 0 aromatic carbocycles. The molecule has 1 aliphatic rings. The summed E-state index contributed by atoms with van der Waals surface area (Å²) in [5.74, 6) is -0.828. The molecular formula is C19H26N4O8. The fourth-order valence-electron chi connectivity index (χ4n) is 3.08. The van der Waals surface area contributed by atoms with Gasteiger partial charge in [-0.15, -0.1) is 0 Å². The Hall–Kier alpha value is -2.74. The first-order chi connectivity index (χ1) is 14.9. The Kier molecular flexibility index (Phi) is 7.79. The molecule has 0 aliphatic carbocycles. The summed E-state index contributed by atoms with van der Waals surface area (Å²) in [5, 5.41) is 44.7. The number of ether oxygens (including phenoxy) is 2. The number of aromatic nitrogens is 2. The topological polar surface area (TPSA) is 189 Å². The molecule has 1 aliphatic heterocycles. The fraction of sp³-hybridized carbons (Fsp3) is 0.474. The molecule has 2 aromatic heterocycles. The average Bonchev–Trinajstić information content (AvgIpc) is 3.49. The van der Waals surface area contributed by atoms with Gasteiger partial charge in [0.05, 0.1) is 12.7 Å². The zero-order chi connectivity index (χ0) is 22.4. The minimum atomic E-state index is -1.61. The maximum Gasteiger partial charge on any atom is 0.267 e. The van der Waals surface area contributed by atoms with Gasteiger partial charge in [-0.1, -0.05) is 0 Å². The van der Waals surface area contributed by atoms with Gasteiger partial charge >= 0.3 is 0 Å². The van der Waals surface area contributed by atoms with Gasteiger partial charge in [-0.2, -0.15) is 0 Å². The summed E-state index contributed by atoms with van der Waals surface area (Å²) in [6, 6.07) is 6.48. The summed E-state index contributed by atoms with van der Waals surface area (Å²) in [6.45, 7) is -0.752. The van der Waals surface area contributed by atoms with E-state index in [1.165, 1.54) is 0 Å². The Morgan fingerprint density at radius 1 is 0.968 bits per heavy atom. The summed E-state index contributed by atoms with van der Waals surface area (Å²) in [6.07, 6.45) is -5.01. The van der Waals surface area contributed by atoms with Crippen LogP contribution in [0.2, 0.25) is 0 Å². The van der Waals surface area contributed by atoms with Gasteiger partial charge in [-0.3, -0.25) is 9.59 Å². The Bertz CT molecular complexity index is 776. The second-order valence-electron chi connectivity index (χ2n) is 7.04. The molecule has 1 fully saturated rings. The predicted molar refractivity (Wildman–Crippen MR) is 105 cm³/mol. The SMILES string of the molecule is O=C(NCC(CNC(=O)c1ccc[nH]1)O[C@H]1O[C@H](CO)[C@@H](O)[C@H](O)[C@@H]1O)c1ccc[nH]1. The zero-order valence-electron chi connectivity index (χ0n) is 16.5. The number of aromatic amines is 2.